The van der Waals surface area contributed by atoms with E-state index in [0.717, 1.165) is 10.6 Å². The molecule has 0 aliphatic rings. The minimum atomic E-state index is -0.348. The number of hydrogen-bond donors (Lipinski definition) is 2. The third-order valence-electron chi connectivity index (χ3n) is 2.84. The van der Waals surface area contributed by atoms with E-state index in [1.54, 1.807) is 30.8 Å². The van der Waals surface area contributed by atoms with E-state index in [4.69, 9.17) is 11.6 Å². The molecule has 1 rings (SSSR count). The Morgan fingerprint density at radius 1 is 1.45 bits per heavy atom. The van der Waals surface area contributed by atoms with E-state index in [-0.39, 0.29) is 17.9 Å². The maximum absolute atomic E-state index is 12.2. The molecular formula is C15H22ClNO2S. The van der Waals surface area contributed by atoms with Crippen LogP contribution < -0.4 is 5.32 Å². The SMILES string of the molecule is CCSc1ccc(Cl)cc1C(=O)NCC(C)CC(C)O. The fraction of sp³-hybridized carbons (Fsp3) is 0.533. The molecule has 0 aliphatic carbocycles. The second-order valence-corrected chi connectivity index (χ2v) is 6.72. The Morgan fingerprint density at radius 2 is 2.15 bits per heavy atom. The van der Waals surface area contributed by atoms with Crippen LogP contribution in [-0.4, -0.2) is 29.4 Å². The first-order valence-electron chi connectivity index (χ1n) is 6.82. The van der Waals surface area contributed by atoms with Gasteiger partial charge in [0.2, 0.25) is 0 Å². The zero-order valence-electron chi connectivity index (χ0n) is 12.1. The molecule has 2 atom stereocenters. The number of aliphatic hydroxyl groups is 1. The number of hydrogen-bond acceptors (Lipinski definition) is 3. The number of nitrogens with one attached hydrogen (secondary N) is 1. The van der Waals surface area contributed by atoms with E-state index in [1.165, 1.54) is 0 Å². The molecule has 0 heterocycles. The quantitative estimate of drug-likeness (QED) is 0.756. The van der Waals surface area contributed by atoms with E-state index in [2.05, 4.69) is 5.32 Å². The molecule has 20 heavy (non-hydrogen) atoms. The van der Waals surface area contributed by atoms with Crippen molar-refractivity contribution in [3.05, 3.63) is 28.8 Å². The average Bonchev–Trinajstić information content (AvgIpc) is 2.37. The molecule has 2 unspecified atom stereocenters. The number of benzene rings is 1. The molecule has 2 N–H and O–H groups in total. The van der Waals surface area contributed by atoms with Crippen LogP contribution in [0.1, 0.15) is 37.6 Å². The highest BCUT2D eigenvalue weighted by Gasteiger charge is 2.14. The molecule has 112 valence electrons. The molecule has 5 heteroatoms. The summed E-state index contributed by atoms with van der Waals surface area (Å²) >= 11 is 7.59. The molecule has 1 aromatic rings. The van der Waals surface area contributed by atoms with Crippen LogP contribution in [0.25, 0.3) is 0 Å². The number of halogens is 1. The lowest BCUT2D eigenvalue weighted by Gasteiger charge is -2.15. The van der Waals surface area contributed by atoms with Gasteiger partial charge in [-0.15, -0.1) is 11.8 Å². The lowest BCUT2D eigenvalue weighted by atomic mass is 10.0. The summed E-state index contributed by atoms with van der Waals surface area (Å²) in [6, 6.07) is 5.38. The van der Waals surface area contributed by atoms with Crippen molar-refractivity contribution in [1.29, 1.82) is 0 Å². The van der Waals surface area contributed by atoms with Crippen LogP contribution in [0.5, 0.6) is 0 Å². The highest BCUT2D eigenvalue weighted by atomic mass is 35.5. The van der Waals surface area contributed by atoms with Crippen molar-refractivity contribution >= 4 is 29.3 Å². The molecule has 0 aliphatic heterocycles. The van der Waals surface area contributed by atoms with Gasteiger partial charge in [0.1, 0.15) is 0 Å². The van der Waals surface area contributed by atoms with Crippen molar-refractivity contribution in [2.75, 3.05) is 12.3 Å². The molecule has 0 saturated carbocycles. The molecule has 0 radical (unpaired) electrons. The molecule has 0 aromatic heterocycles. The number of thioether (sulfide) groups is 1. The fourth-order valence-electron chi connectivity index (χ4n) is 1.99. The predicted molar refractivity (Wildman–Crippen MR) is 85.6 cm³/mol. The summed E-state index contributed by atoms with van der Waals surface area (Å²) in [4.78, 5) is 13.2. The summed E-state index contributed by atoms with van der Waals surface area (Å²) in [6.45, 7) is 6.36. The number of aliphatic hydroxyl groups excluding tert-OH is 1. The van der Waals surface area contributed by atoms with Gasteiger partial charge < -0.3 is 10.4 Å². The third-order valence-corrected chi connectivity index (χ3v) is 4.03. The molecule has 0 bridgehead atoms. The Hall–Kier alpha value is -0.710. The monoisotopic (exact) mass is 315 g/mol. The van der Waals surface area contributed by atoms with Gasteiger partial charge in [0.15, 0.2) is 0 Å². The van der Waals surface area contributed by atoms with E-state index in [0.29, 0.717) is 23.6 Å². The van der Waals surface area contributed by atoms with Crippen LogP contribution in [0.15, 0.2) is 23.1 Å². The zero-order valence-corrected chi connectivity index (χ0v) is 13.7. The predicted octanol–water partition coefficient (Wildman–Crippen LogP) is 3.59. The maximum Gasteiger partial charge on any atom is 0.252 e. The highest BCUT2D eigenvalue weighted by molar-refractivity contribution is 7.99. The largest absolute Gasteiger partial charge is 0.393 e. The molecule has 0 fully saturated rings. The first-order chi connectivity index (χ1) is 9.43. The molecule has 1 amide bonds. The van der Waals surface area contributed by atoms with Crippen molar-refractivity contribution in [3.63, 3.8) is 0 Å². The summed E-state index contributed by atoms with van der Waals surface area (Å²) < 4.78 is 0. The Morgan fingerprint density at radius 3 is 2.75 bits per heavy atom. The van der Waals surface area contributed by atoms with Crippen LogP contribution in [0.2, 0.25) is 5.02 Å². The Bertz CT molecular complexity index is 451. The number of carbonyl (C=O) groups is 1. The smallest absolute Gasteiger partial charge is 0.252 e. The van der Waals surface area contributed by atoms with Crippen LogP contribution in [-0.2, 0) is 0 Å². The average molecular weight is 316 g/mol. The molecule has 0 spiro atoms. The van der Waals surface area contributed by atoms with Crippen molar-refractivity contribution in [3.8, 4) is 0 Å². The highest BCUT2D eigenvalue weighted by Crippen LogP contribution is 2.25. The lowest BCUT2D eigenvalue weighted by Crippen LogP contribution is -2.29. The normalized spacial score (nSPS) is 13.8. The van der Waals surface area contributed by atoms with Crippen LogP contribution in [0.3, 0.4) is 0 Å². The number of carbonyl (C=O) groups excluding carboxylic acids is 1. The van der Waals surface area contributed by atoms with E-state index >= 15 is 0 Å². The second kappa shape index (κ2) is 8.55. The van der Waals surface area contributed by atoms with Crippen molar-refractivity contribution in [2.24, 2.45) is 5.92 Å². The van der Waals surface area contributed by atoms with Crippen molar-refractivity contribution in [1.82, 2.24) is 5.32 Å². The van der Waals surface area contributed by atoms with Crippen molar-refractivity contribution in [2.45, 2.75) is 38.2 Å². The summed E-state index contributed by atoms with van der Waals surface area (Å²) in [7, 11) is 0. The second-order valence-electron chi connectivity index (χ2n) is 4.97. The van der Waals surface area contributed by atoms with Crippen molar-refractivity contribution < 1.29 is 9.90 Å². The molecular weight excluding hydrogens is 294 g/mol. The summed E-state index contributed by atoms with van der Waals surface area (Å²) in [5.41, 5.74) is 0.619. The molecule has 1 aromatic carbocycles. The summed E-state index contributed by atoms with van der Waals surface area (Å²) in [5, 5.41) is 12.8. The minimum Gasteiger partial charge on any atom is -0.393 e. The third kappa shape index (κ3) is 5.73. The van der Waals surface area contributed by atoms with Gasteiger partial charge >= 0.3 is 0 Å². The van der Waals surface area contributed by atoms with Crippen LogP contribution in [0, 0.1) is 5.92 Å². The van der Waals surface area contributed by atoms with Crippen LogP contribution >= 0.6 is 23.4 Å². The van der Waals surface area contributed by atoms with E-state index in [1.807, 2.05) is 19.9 Å². The first kappa shape index (κ1) is 17.3. The zero-order chi connectivity index (χ0) is 15.1. The van der Waals surface area contributed by atoms with Gasteiger partial charge in [-0.3, -0.25) is 4.79 Å². The topological polar surface area (TPSA) is 49.3 Å². The lowest BCUT2D eigenvalue weighted by molar-refractivity contribution is 0.0936. The standard InChI is InChI=1S/C15H22ClNO2S/c1-4-20-14-6-5-12(16)8-13(14)15(19)17-9-10(2)7-11(3)18/h5-6,8,10-11,18H,4,7,9H2,1-3H3,(H,17,19). The Labute approximate surface area is 130 Å². The Kier molecular flexibility index (Phi) is 7.41. The molecule has 3 nitrogen and oxygen atoms in total. The fourth-order valence-corrected chi connectivity index (χ4v) is 2.94. The van der Waals surface area contributed by atoms with Gasteiger partial charge in [-0.25, -0.2) is 0 Å². The van der Waals surface area contributed by atoms with Gasteiger partial charge in [-0.2, -0.15) is 0 Å². The maximum atomic E-state index is 12.2. The van der Waals surface area contributed by atoms with Gasteiger partial charge in [0.05, 0.1) is 11.7 Å². The first-order valence-corrected chi connectivity index (χ1v) is 8.19. The van der Waals surface area contributed by atoms with Gasteiger partial charge in [0.25, 0.3) is 5.91 Å². The molecule has 0 saturated heterocycles. The van der Waals surface area contributed by atoms with Gasteiger partial charge in [-0.05, 0) is 43.2 Å². The number of amides is 1. The van der Waals surface area contributed by atoms with E-state index < -0.39 is 0 Å². The summed E-state index contributed by atoms with van der Waals surface area (Å²) in [5.74, 6) is 1.03. The summed E-state index contributed by atoms with van der Waals surface area (Å²) in [6.07, 6.45) is 0.325. The van der Waals surface area contributed by atoms with E-state index in [9.17, 15) is 9.90 Å². The van der Waals surface area contributed by atoms with Gasteiger partial charge in [-0.1, -0.05) is 25.4 Å². The minimum absolute atomic E-state index is 0.110. The number of rotatable bonds is 7. The Balaban J connectivity index is 2.69. The van der Waals surface area contributed by atoms with Crippen LogP contribution in [0.4, 0.5) is 0 Å². The van der Waals surface area contributed by atoms with Gasteiger partial charge in [0, 0.05) is 16.5 Å².